The molecule has 0 bridgehead atoms. The van der Waals surface area contributed by atoms with Crippen LogP contribution in [-0.2, 0) is 0 Å². The molecule has 0 saturated heterocycles. The molecule has 3 rings (SSSR count). The van der Waals surface area contributed by atoms with Gasteiger partial charge in [0.2, 0.25) is 0 Å². The van der Waals surface area contributed by atoms with Gasteiger partial charge in [-0.05, 0) is 44.3 Å². The number of amides is 1. The van der Waals surface area contributed by atoms with E-state index in [2.05, 4.69) is 18.7 Å². The van der Waals surface area contributed by atoms with Gasteiger partial charge >= 0.3 is 0 Å². The Labute approximate surface area is 182 Å². The fourth-order valence-corrected chi connectivity index (χ4v) is 4.11. The molecule has 1 amide bonds. The highest BCUT2D eigenvalue weighted by molar-refractivity contribution is 7.22. The fraction of sp³-hybridized carbons (Fsp3) is 0.364. The molecule has 0 aliphatic rings. The van der Waals surface area contributed by atoms with E-state index >= 15 is 0 Å². The van der Waals surface area contributed by atoms with E-state index < -0.39 is 0 Å². The monoisotopic (exact) mass is 433 g/mol. The van der Waals surface area contributed by atoms with Crippen molar-refractivity contribution in [2.75, 3.05) is 38.2 Å². The molecule has 0 spiro atoms. The van der Waals surface area contributed by atoms with Gasteiger partial charge in [0.1, 0.15) is 5.75 Å². The molecule has 0 aliphatic carbocycles. The third kappa shape index (κ3) is 5.47. The van der Waals surface area contributed by atoms with Gasteiger partial charge < -0.3 is 9.64 Å². The number of aryl methyl sites for hydroxylation is 1. The molecular weight excluding hydrogens is 406 g/mol. The first kappa shape index (κ1) is 23.1. The number of anilines is 1. The van der Waals surface area contributed by atoms with Crippen LogP contribution in [0.3, 0.4) is 0 Å². The minimum absolute atomic E-state index is 0. The van der Waals surface area contributed by atoms with Crippen molar-refractivity contribution in [2.45, 2.75) is 20.8 Å². The molecule has 2 aromatic carbocycles. The van der Waals surface area contributed by atoms with E-state index in [1.165, 1.54) is 11.3 Å². The topological polar surface area (TPSA) is 45.7 Å². The number of aromatic nitrogens is 1. The number of carbonyl (C=O) groups is 1. The zero-order valence-electron chi connectivity index (χ0n) is 17.3. The van der Waals surface area contributed by atoms with Crippen LogP contribution >= 0.6 is 23.7 Å². The Morgan fingerprint density at radius 3 is 2.52 bits per heavy atom. The van der Waals surface area contributed by atoms with E-state index in [1.807, 2.05) is 54.3 Å². The van der Waals surface area contributed by atoms with Gasteiger partial charge in [-0.3, -0.25) is 9.69 Å². The van der Waals surface area contributed by atoms with Gasteiger partial charge in [0.15, 0.2) is 5.13 Å². The van der Waals surface area contributed by atoms with Crippen LogP contribution < -0.4 is 9.64 Å². The Bertz CT molecular complexity index is 956. The number of halogens is 1. The molecule has 0 saturated carbocycles. The summed E-state index contributed by atoms with van der Waals surface area (Å²) in [5.41, 5.74) is 2.61. The van der Waals surface area contributed by atoms with Crippen molar-refractivity contribution in [1.82, 2.24) is 9.88 Å². The number of ether oxygens (including phenoxy) is 1. The Kier molecular flexibility index (Phi) is 8.44. The number of carbonyl (C=O) groups excluding carboxylic acids is 1. The number of thiazole rings is 1. The molecule has 0 atom stereocenters. The molecule has 0 radical (unpaired) electrons. The predicted molar refractivity (Wildman–Crippen MR) is 124 cm³/mol. The highest BCUT2D eigenvalue weighted by atomic mass is 35.5. The summed E-state index contributed by atoms with van der Waals surface area (Å²) in [4.78, 5) is 22.2. The normalized spacial score (nSPS) is 10.8. The fourth-order valence-electron chi connectivity index (χ4n) is 3.14. The smallest absolute Gasteiger partial charge is 0.260 e. The number of hydrogen-bond acceptors (Lipinski definition) is 5. The van der Waals surface area contributed by atoms with E-state index in [0.29, 0.717) is 12.1 Å². The lowest BCUT2D eigenvalue weighted by atomic mass is 10.1. The average molecular weight is 434 g/mol. The van der Waals surface area contributed by atoms with Crippen molar-refractivity contribution in [3.05, 3.63) is 53.6 Å². The molecule has 0 fully saturated rings. The van der Waals surface area contributed by atoms with Crippen molar-refractivity contribution in [2.24, 2.45) is 0 Å². The van der Waals surface area contributed by atoms with E-state index in [1.54, 1.807) is 7.11 Å². The van der Waals surface area contributed by atoms with Crippen LogP contribution in [0.15, 0.2) is 42.5 Å². The summed E-state index contributed by atoms with van der Waals surface area (Å²) >= 11 is 1.54. The Hall–Kier alpha value is -2.15. The van der Waals surface area contributed by atoms with Crippen LogP contribution in [0.25, 0.3) is 10.2 Å². The lowest BCUT2D eigenvalue weighted by Crippen LogP contribution is -2.38. The zero-order valence-corrected chi connectivity index (χ0v) is 19.0. The lowest BCUT2D eigenvalue weighted by molar-refractivity contribution is 0.0983. The van der Waals surface area contributed by atoms with Gasteiger partial charge in [0.25, 0.3) is 5.91 Å². The molecule has 0 aliphatic heterocycles. The molecule has 1 heterocycles. The van der Waals surface area contributed by atoms with Crippen LogP contribution in [0.2, 0.25) is 0 Å². The zero-order chi connectivity index (χ0) is 20.1. The first-order chi connectivity index (χ1) is 13.5. The van der Waals surface area contributed by atoms with Gasteiger partial charge in [0, 0.05) is 24.7 Å². The summed E-state index contributed by atoms with van der Waals surface area (Å²) in [6.07, 6.45) is 0. The molecule has 0 unspecified atom stereocenters. The van der Waals surface area contributed by atoms with Gasteiger partial charge in [-0.2, -0.15) is 0 Å². The quantitative estimate of drug-likeness (QED) is 0.500. The van der Waals surface area contributed by atoms with Crippen molar-refractivity contribution >= 4 is 45.0 Å². The summed E-state index contributed by atoms with van der Waals surface area (Å²) in [7, 11) is 1.64. The van der Waals surface area contributed by atoms with Crippen LogP contribution in [0.5, 0.6) is 5.75 Å². The second-order valence-corrected chi connectivity index (χ2v) is 7.69. The summed E-state index contributed by atoms with van der Waals surface area (Å²) in [5.74, 6) is 0.755. The molecular formula is C22H28ClN3O2S. The van der Waals surface area contributed by atoms with E-state index in [4.69, 9.17) is 9.72 Å². The second kappa shape index (κ2) is 10.6. The van der Waals surface area contributed by atoms with Gasteiger partial charge in [-0.1, -0.05) is 42.9 Å². The van der Waals surface area contributed by atoms with Crippen molar-refractivity contribution in [3.63, 3.8) is 0 Å². The minimum Gasteiger partial charge on any atom is -0.497 e. The Morgan fingerprint density at radius 1 is 1.10 bits per heavy atom. The maximum absolute atomic E-state index is 13.3. The molecule has 29 heavy (non-hydrogen) atoms. The SMILES string of the molecule is CCN(CC)CCN(C(=O)c1cccc(C)c1)c1nc2cc(OC)ccc2s1.Cl. The van der Waals surface area contributed by atoms with Crippen molar-refractivity contribution in [1.29, 1.82) is 0 Å². The number of methoxy groups -OCH3 is 1. The van der Waals surface area contributed by atoms with Gasteiger partial charge in [0.05, 0.1) is 17.3 Å². The number of benzene rings is 2. The summed E-state index contributed by atoms with van der Waals surface area (Å²) in [5, 5.41) is 0.724. The molecule has 0 N–H and O–H groups in total. The van der Waals surface area contributed by atoms with Crippen LogP contribution in [-0.4, -0.2) is 49.1 Å². The van der Waals surface area contributed by atoms with E-state index in [0.717, 1.165) is 46.3 Å². The summed E-state index contributed by atoms with van der Waals surface area (Å²) in [6, 6.07) is 13.6. The third-order valence-corrected chi connectivity index (χ3v) is 5.92. The van der Waals surface area contributed by atoms with Crippen molar-refractivity contribution < 1.29 is 9.53 Å². The summed E-state index contributed by atoms with van der Waals surface area (Å²) < 4.78 is 6.35. The van der Waals surface area contributed by atoms with Gasteiger partial charge in [-0.25, -0.2) is 4.98 Å². The molecule has 5 nitrogen and oxygen atoms in total. The van der Waals surface area contributed by atoms with E-state index in [-0.39, 0.29) is 18.3 Å². The maximum Gasteiger partial charge on any atom is 0.260 e. The first-order valence-electron chi connectivity index (χ1n) is 9.61. The molecule has 1 aromatic heterocycles. The molecule has 3 aromatic rings. The highest BCUT2D eigenvalue weighted by Crippen LogP contribution is 2.32. The largest absolute Gasteiger partial charge is 0.497 e. The third-order valence-electron chi connectivity index (χ3n) is 4.86. The minimum atomic E-state index is -0.0122. The standard InChI is InChI=1S/C22H27N3O2S.ClH/c1-5-24(6-2)12-13-25(21(26)17-9-7-8-16(3)14-17)22-23-19-15-18(27-4)10-11-20(19)28-22;/h7-11,14-15H,5-6,12-13H2,1-4H3;1H. The number of likely N-dealkylation sites (N-methyl/N-ethyl adjacent to an activating group) is 1. The van der Waals surface area contributed by atoms with Crippen molar-refractivity contribution in [3.8, 4) is 5.75 Å². The molecule has 156 valence electrons. The number of nitrogens with zero attached hydrogens (tertiary/aromatic N) is 3. The van der Waals surface area contributed by atoms with E-state index in [9.17, 15) is 4.79 Å². The van der Waals surface area contributed by atoms with Crippen LogP contribution in [0.1, 0.15) is 29.8 Å². The van der Waals surface area contributed by atoms with Crippen LogP contribution in [0.4, 0.5) is 5.13 Å². The van der Waals surface area contributed by atoms with Crippen LogP contribution in [0, 0.1) is 6.92 Å². The predicted octanol–water partition coefficient (Wildman–Crippen LogP) is 5.02. The summed E-state index contributed by atoms with van der Waals surface area (Å²) in [6.45, 7) is 9.61. The second-order valence-electron chi connectivity index (χ2n) is 6.68. The Morgan fingerprint density at radius 2 is 1.86 bits per heavy atom. The highest BCUT2D eigenvalue weighted by Gasteiger charge is 2.22. The lowest BCUT2D eigenvalue weighted by Gasteiger charge is -2.24. The molecule has 7 heteroatoms. The first-order valence-corrected chi connectivity index (χ1v) is 10.4. The Balaban J connectivity index is 0.00000300. The number of hydrogen-bond donors (Lipinski definition) is 0. The number of rotatable bonds is 8. The average Bonchev–Trinajstić information content (AvgIpc) is 3.13. The number of fused-ring (bicyclic) bond motifs is 1. The van der Waals surface area contributed by atoms with Gasteiger partial charge in [-0.15, -0.1) is 12.4 Å². The maximum atomic E-state index is 13.3.